The van der Waals surface area contributed by atoms with Crippen LogP contribution in [-0.4, -0.2) is 11.9 Å². The van der Waals surface area contributed by atoms with E-state index >= 15 is 0 Å². The number of hydrogen-bond acceptors (Lipinski definition) is 2. The lowest BCUT2D eigenvalue weighted by Gasteiger charge is -2.09. The van der Waals surface area contributed by atoms with E-state index in [2.05, 4.69) is 5.32 Å². The van der Waals surface area contributed by atoms with Crippen molar-refractivity contribution in [2.75, 3.05) is 0 Å². The monoisotopic (exact) mass is 238 g/mol. The molecule has 0 aliphatic carbocycles. The molecular formula is C12H12F2N2O. The van der Waals surface area contributed by atoms with Crippen LogP contribution in [0.15, 0.2) is 18.2 Å². The molecule has 1 atom stereocenters. The van der Waals surface area contributed by atoms with Crippen LogP contribution in [0.3, 0.4) is 0 Å². The zero-order valence-corrected chi connectivity index (χ0v) is 9.34. The molecule has 1 rings (SSSR count). The van der Waals surface area contributed by atoms with Crippen molar-refractivity contribution in [3.63, 3.8) is 0 Å². The molecule has 0 spiro atoms. The molecule has 1 N–H and O–H groups in total. The van der Waals surface area contributed by atoms with Gasteiger partial charge in [-0.2, -0.15) is 5.26 Å². The van der Waals surface area contributed by atoms with Gasteiger partial charge in [0.2, 0.25) is 5.91 Å². The van der Waals surface area contributed by atoms with Crippen molar-refractivity contribution in [3.05, 3.63) is 35.4 Å². The first-order valence-corrected chi connectivity index (χ1v) is 5.20. The van der Waals surface area contributed by atoms with Crippen LogP contribution in [0.2, 0.25) is 0 Å². The maximum absolute atomic E-state index is 13.2. The van der Waals surface area contributed by atoms with Crippen LogP contribution in [0.4, 0.5) is 8.78 Å². The number of carbonyl (C=O) groups is 1. The van der Waals surface area contributed by atoms with E-state index in [0.29, 0.717) is 6.42 Å². The zero-order valence-electron chi connectivity index (χ0n) is 9.34. The van der Waals surface area contributed by atoms with E-state index in [0.717, 1.165) is 12.1 Å². The number of benzene rings is 1. The van der Waals surface area contributed by atoms with Gasteiger partial charge in [-0.05, 0) is 18.6 Å². The minimum atomic E-state index is -0.759. The summed E-state index contributed by atoms with van der Waals surface area (Å²) in [6, 6.07) is 4.66. The summed E-state index contributed by atoms with van der Waals surface area (Å²) in [7, 11) is 0. The van der Waals surface area contributed by atoms with E-state index in [9.17, 15) is 13.6 Å². The summed E-state index contributed by atoms with van der Waals surface area (Å²) < 4.78 is 26.5. The molecule has 90 valence electrons. The predicted molar refractivity (Wildman–Crippen MR) is 57.9 cm³/mol. The Morgan fingerprint density at radius 3 is 2.53 bits per heavy atom. The molecule has 0 saturated heterocycles. The predicted octanol–water partition coefficient (Wildman–Crippen LogP) is 1.93. The molecule has 0 saturated carbocycles. The largest absolute Gasteiger partial charge is 0.340 e. The van der Waals surface area contributed by atoms with Crippen LogP contribution in [0, 0.1) is 23.0 Å². The van der Waals surface area contributed by atoms with Crippen LogP contribution < -0.4 is 5.32 Å². The molecule has 17 heavy (non-hydrogen) atoms. The molecule has 0 aromatic heterocycles. The number of carbonyl (C=O) groups excluding carboxylic acids is 1. The van der Waals surface area contributed by atoms with Crippen LogP contribution in [0.5, 0.6) is 0 Å². The molecule has 1 aromatic carbocycles. The topological polar surface area (TPSA) is 52.9 Å². The first kappa shape index (κ1) is 13.1. The fraction of sp³-hybridized carbons (Fsp3) is 0.333. The third-order valence-electron chi connectivity index (χ3n) is 2.30. The lowest BCUT2D eigenvalue weighted by atomic mass is 10.1. The van der Waals surface area contributed by atoms with E-state index in [1.54, 1.807) is 6.92 Å². The highest BCUT2D eigenvalue weighted by molar-refractivity contribution is 5.79. The molecule has 0 aliphatic rings. The standard InChI is InChI=1S/C12H12F2N2O/c1-2-8(7-15)16-12(17)6-9-10(13)4-3-5-11(9)14/h3-5,8H,2,6H2,1H3,(H,16,17). The number of hydrogen-bond donors (Lipinski definition) is 1. The molecule has 0 heterocycles. The van der Waals surface area contributed by atoms with Crippen molar-refractivity contribution in [3.8, 4) is 6.07 Å². The van der Waals surface area contributed by atoms with Gasteiger partial charge in [0.15, 0.2) is 0 Å². The van der Waals surface area contributed by atoms with Gasteiger partial charge in [-0.15, -0.1) is 0 Å². The van der Waals surface area contributed by atoms with Gasteiger partial charge < -0.3 is 5.32 Å². The molecular weight excluding hydrogens is 226 g/mol. The fourth-order valence-corrected chi connectivity index (χ4v) is 1.33. The quantitative estimate of drug-likeness (QED) is 0.871. The summed E-state index contributed by atoms with van der Waals surface area (Å²) in [5.74, 6) is -2.09. The van der Waals surface area contributed by atoms with Crippen LogP contribution in [0.25, 0.3) is 0 Å². The highest BCUT2D eigenvalue weighted by Gasteiger charge is 2.15. The van der Waals surface area contributed by atoms with Crippen LogP contribution in [-0.2, 0) is 11.2 Å². The van der Waals surface area contributed by atoms with Gasteiger partial charge >= 0.3 is 0 Å². The first-order valence-electron chi connectivity index (χ1n) is 5.20. The Kier molecular flexibility index (Phi) is 4.58. The zero-order chi connectivity index (χ0) is 12.8. The second-order valence-electron chi connectivity index (χ2n) is 3.53. The fourth-order valence-electron chi connectivity index (χ4n) is 1.33. The van der Waals surface area contributed by atoms with Gasteiger partial charge in [0, 0.05) is 5.56 Å². The van der Waals surface area contributed by atoms with Gasteiger partial charge in [-0.25, -0.2) is 8.78 Å². The average molecular weight is 238 g/mol. The smallest absolute Gasteiger partial charge is 0.225 e. The summed E-state index contributed by atoms with van der Waals surface area (Å²) in [6.45, 7) is 1.73. The van der Waals surface area contributed by atoms with Gasteiger partial charge in [0.05, 0.1) is 12.5 Å². The SMILES string of the molecule is CCC(C#N)NC(=O)Cc1c(F)cccc1F. The third kappa shape index (κ3) is 3.52. The molecule has 3 nitrogen and oxygen atoms in total. The number of halogens is 2. The number of amides is 1. The maximum Gasteiger partial charge on any atom is 0.225 e. The third-order valence-corrected chi connectivity index (χ3v) is 2.30. The first-order chi connectivity index (χ1) is 8.08. The Morgan fingerprint density at radius 2 is 2.06 bits per heavy atom. The minimum absolute atomic E-state index is 0.280. The second kappa shape index (κ2) is 5.94. The number of nitrogens with one attached hydrogen (secondary N) is 1. The highest BCUT2D eigenvalue weighted by Crippen LogP contribution is 2.12. The minimum Gasteiger partial charge on any atom is -0.340 e. The van der Waals surface area contributed by atoms with E-state index in [4.69, 9.17) is 5.26 Å². The van der Waals surface area contributed by atoms with Crippen molar-refractivity contribution in [1.82, 2.24) is 5.32 Å². The summed E-state index contributed by atoms with van der Waals surface area (Å²) in [5.41, 5.74) is -0.280. The molecule has 0 fully saturated rings. The Bertz CT molecular complexity index is 434. The lowest BCUT2D eigenvalue weighted by molar-refractivity contribution is -0.120. The van der Waals surface area contributed by atoms with E-state index in [-0.39, 0.29) is 5.56 Å². The highest BCUT2D eigenvalue weighted by atomic mass is 19.1. The Hall–Kier alpha value is -1.96. The molecule has 1 unspecified atom stereocenters. The van der Waals surface area contributed by atoms with Gasteiger partial charge in [-0.3, -0.25) is 4.79 Å². The molecule has 0 aliphatic heterocycles. The maximum atomic E-state index is 13.2. The average Bonchev–Trinajstić information content (AvgIpc) is 2.31. The van der Waals surface area contributed by atoms with Gasteiger partial charge in [0.1, 0.15) is 17.7 Å². The van der Waals surface area contributed by atoms with E-state index in [1.165, 1.54) is 6.07 Å². The van der Waals surface area contributed by atoms with Gasteiger partial charge in [-0.1, -0.05) is 13.0 Å². The van der Waals surface area contributed by atoms with Crippen molar-refractivity contribution in [2.45, 2.75) is 25.8 Å². The summed E-state index contributed by atoms with van der Waals surface area (Å²) in [4.78, 5) is 11.4. The lowest BCUT2D eigenvalue weighted by Crippen LogP contribution is -2.34. The van der Waals surface area contributed by atoms with E-state index < -0.39 is 30.0 Å². The van der Waals surface area contributed by atoms with Crippen molar-refractivity contribution >= 4 is 5.91 Å². The Morgan fingerprint density at radius 1 is 1.47 bits per heavy atom. The van der Waals surface area contributed by atoms with Crippen molar-refractivity contribution in [1.29, 1.82) is 5.26 Å². The van der Waals surface area contributed by atoms with Crippen molar-refractivity contribution in [2.24, 2.45) is 0 Å². The molecule has 5 heteroatoms. The summed E-state index contributed by atoms with van der Waals surface area (Å²) in [6.07, 6.45) is 0.0404. The Labute approximate surface area is 98.1 Å². The van der Waals surface area contributed by atoms with Crippen LogP contribution >= 0.6 is 0 Å². The Balaban J connectivity index is 2.72. The molecule has 1 aromatic rings. The van der Waals surface area contributed by atoms with Crippen LogP contribution in [0.1, 0.15) is 18.9 Å². The van der Waals surface area contributed by atoms with Gasteiger partial charge in [0.25, 0.3) is 0 Å². The molecule has 1 amide bonds. The normalized spacial score (nSPS) is 11.6. The van der Waals surface area contributed by atoms with E-state index in [1.807, 2.05) is 6.07 Å². The van der Waals surface area contributed by atoms with Crippen molar-refractivity contribution < 1.29 is 13.6 Å². The summed E-state index contributed by atoms with van der Waals surface area (Å²) >= 11 is 0. The summed E-state index contributed by atoms with van der Waals surface area (Å²) in [5, 5.41) is 11.0. The number of nitriles is 1. The number of nitrogens with zero attached hydrogens (tertiary/aromatic N) is 1. The number of rotatable bonds is 4. The second-order valence-corrected chi connectivity index (χ2v) is 3.53. The molecule has 0 radical (unpaired) electrons. The molecule has 0 bridgehead atoms.